The topological polar surface area (TPSA) is 34.1 Å². The van der Waals surface area contributed by atoms with Gasteiger partial charge in [0, 0.05) is 0 Å². The molecule has 0 fully saturated rings. The molecule has 0 aliphatic carbocycles. The molecule has 0 unspecified atom stereocenters. The largest absolute Gasteiger partial charge is 0.305 e. The maximum absolute atomic E-state index is 12.4. The molecule has 0 aliphatic heterocycles. The predicted molar refractivity (Wildman–Crippen MR) is 103 cm³/mol. The van der Waals surface area contributed by atoms with E-state index in [1.807, 2.05) is 6.92 Å². The van der Waals surface area contributed by atoms with E-state index in [4.69, 9.17) is 0 Å². The number of allylic oxidation sites excluding steroid dienone is 7. The predicted octanol–water partition coefficient (Wildman–Crippen LogP) is 6.43. The molecule has 0 atom stereocenters. The lowest BCUT2D eigenvalue weighted by atomic mass is 10.0. The Balaban J connectivity index is 4.09. The van der Waals surface area contributed by atoms with Gasteiger partial charge in [-0.3, -0.25) is 0 Å². The standard InChI is InChI=1S/C20H33FO2S/c1-17(2)9-6-10-18(3)11-7-12-19(4)13-8-14-20(5)15-16-24(21,22)23/h9,11,13,15H,6-8,10,12,14,16H2,1-5H3/b18-11+,19-13+,20-15+. The molecule has 0 N–H and O–H groups in total. The number of hydrogen-bond donors (Lipinski definition) is 0. The van der Waals surface area contributed by atoms with Gasteiger partial charge in [0.25, 0.3) is 0 Å². The Labute approximate surface area is 148 Å². The highest BCUT2D eigenvalue weighted by Crippen LogP contribution is 2.13. The fraction of sp³-hybridized carbons (Fsp3) is 0.600. The van der Waals surface area contributed by atoms with Crippen LogP contribution in [0.15, 0.2) is 46.6 Å². The lowest BCUT2D eigenvalue weighted by Crippen LogP contribution is -1.95. The van der Waals surface area contributed by atoms with Crippen molar-refractivity contribution in [3.63, 3.8) is 0 Å². The van der Waals surface area contributed by atoms with Gasteiger partial charge in [-0.25, -0.2) is 0 Å². The second kappa shape index (κ2) is 12.2. The highest BCUT2D eigenvalue weighted by atomic mass is 32.3. The average molecular weight is 357 g/mol. The van der Waals surface area contributed by atoms with Crippen molar-refractivity contribution >= 4 is 10.2 Å². The molecule has 0 bridgehead atoms. The first-order valence-electron chi connectivity index (χ1n) is 8.62. The van der Waals surface area contributed by atoms with Crippen LogP contribution in [0.4, 0.5) is 3.89 Å². The Hall–Kier alpha value is -1.16. The molecule has 4 heteroatoms. The molecule has 0 aromatic carbocycles. The van der Waals surface area contributed by atoms with Crippen molar-refractivity contribution in [1.82, 2.24) is 0 Å². The van der Waals surface area contributed by atoms with E-state index in [2.05, 4.69) is 45.9 Å². The minimum absolute atomic E-state index is 0.516. The summed E-state index contributed by atoms with van der Waals surface area (Å²) >= 11 is 0. The normalized spacial score (nSPS) is 14.0. The third-order valence-electron chi connectivity index (χ3n) is 3.79. The van der Waals surface area contributed by atoms with Gasteiger partial charge in [-0.2, -0.15) is 8.42 Å². The molecule has 0 spiro atoms. The lowest BCUT2D eigenvalue weighted by molar-refractivity contribution is 0.555. The summed E-state index contributed by atoms with van der Waals surface area (Å²) in [7, 11) is -4.39. The first-order chi connectivity index (χ1) is 11.1. The van der Waals surface area contributed by atoms with E-state index in [0.717, 1.165) is 44.1 Å². The summed E-state index contributed by atoms with van der Waals surface area (Å²) in [6.45, 7) is 10.4. The highest BCUT2D eigenvalue weighted by Gasteiger charge is 2.03. The Morgan fingerprint density at radius 3 is 1.46 bits per heavy atom. The molecular formula is C20H33FO2S. The zero-order valence-corrected chi connectivity index (χ0v) is 16.7. The first-order valence-corrected chi connectivity index (χ1v) is 10.2. The van der Waals surface area contributed by atoms with Crippen LogP contribution in [0.2, 0.25) is 0 Å². The molecule has 0 aromatic heterocycles. The molecular weight excluding hydrogens is 323 g/mol. The number of halogens is 1. The van der Waals surface area contributed by atoms with Gasteiger partial charge in [0.1, 0.15) is 0 Å². The fourth-order valence-electron chi connectivity index (χ4n) is 2.23. The van der Waals surface area contributed by atoms with Crippen LogP contribution in [-0.4, -0.2) is 14.2 Å². The molecule has 0 amide bonds. The van der Waals surface area contributed by atoms with Gasteiger partial charge in [0.15, 0.2) is 0 Å². The van der Waals surface area contributed by atoms with E-state index >= 15 is 0 Å². The molecule has 2 nitrogen and oxygen atoms in total. The molecule has 138 valence electrons. The summed E-state index contributed by atoms with van der Waals surface area (Å²) in [5.74, 6) is -0.516. The second-order valence-corrected chi connectivity index (χ2v) is 8.17. The van der Waals surface area contributed by atoms with Crippen LogP contribution in [0.3, 0.4) is 0 Å². The molecule has 0 radical (unpaired) electrons. The van der Waals surface area contributed by atoms with E-state index in [0.29, 0.717) is 0 Å². The Morgan fingerprint density at radius 1 is 0.708 bits per heavy atom. The average Bonchev–Trinajstić information content (AvgIpc) is 2.44. The first kappa shape index (κ1) is 22.8. The molecule has 24 heavy (non-hydrogen) atoms. The van der Waals surface area contributed by atoms with Gasteiger partial charge in [0.05, 0.1) is 5.75 Å². The molecule has 0 rings (SSSR count). The van der Waals surface area contributed by atoms with Gasteiger partial charge in [-0.05, 0) is 73.1 Å². The van der Waals surface area contributed by atoms with Gasteiger partial charge in [-0.1, -0.05) is 46.6 Å². The van der Waals surface area contributed by atoms with Crippen LogP contribution in [0.25, 0.3) is 0 Å². The maximum Gasteiger partial charge on any atom is 0.305 e. The van der Waals surface area contributed by atoms with Crippen molar-refractivity contribution in [2.24, 2.45) is 0 Å². The third-order valence-corrected chi connectivity index (χ3v) is 4.35. The van der Waals surface area contributed by atoms with E-state index in [-0.39, 0.29) is 0 Å². The monoisotopic (exact) mass is 356 g/mol. The Bertz CT molecular complexity index is 589. The zero-order chi connectivity index (χ0) is 18.6. The van der Waals surface area contributed by atoms with Gasteiger partial charge in [0.2, 0.25) is 0 Å². The van der Waals surface area contributed by atoms with Crippen LogP contribution in [0.5, 0.6) is 0 Å². The van der Waals surface area contributed by atoms with E-state index in [9.17, 15) is 12.3 Å². The minimum atomic E-state index is -4.39. The smallest absolute Gasteiger partial charge is 0.195 e. The quantitative estimate of drug-likeness (QED) is 0.316. The van der Waals surface area contributed by atoms with E-state index < -0.39 is 16.0 Å². The molecule has 0 aromatic rings. The van der Waals surface area contributed by atoms with Crippen LogP contribution >= 0.6 is 0 Å². The van der Waals surface area contributed by atoms with Crippen molar-refractivity contribution in [2.45, 2.75) is 73.1 Å². The van der Waals surface area contributed by atoms with Crippen molar-refractivity contribution in [3.05, 3.63) is 46.6 Å². The van der Waals surface area contributed by atoms with Crippen LogP contribution in [0, 0.1) is 0 Å². The molecule has 0 heterocycles. The zero-order valence-electron chi connectivity index (χ0n) is 15.9. The van der Waals surface area contributed by atoms with Crippen LogP contribution in [-0.2, 0) is 10.2 Å². The number of rotatable bonds is 11. The summed E-state index contributed by atoms with van der Waals surface area (Å²) in [6, 6.07) is 0. The van der Waals surface area contributed by atoms with Crippen molar-refractivity contribution in [2.75, 3.05) is 5.75 Å². The second-order valence-electron chi connectivity index (χ2n) is 6.75. The van der Waals surface area contributed by atoms with Crippen LogP contribution < -0.4 is 0 Å². The van der Waals surface area contributed by atoms with Crippen molar-refractivity contribution in [3.8, 4) is 0 Å². The van der Waals surface area contributed by atoms with Crippen molar-refractivity contribution < 1.29 is 12.3 Å². The third kappa shape index (κ3) is 15.7. The molecule has 0 saturated carbocycles. The van der Waals surface area contributed by atoms with Crippen LogP contribution in [0.1, 0.15) is 73.1 Å². The SMILES string of the molecule is CC(C)=CCC/C(C)=C/CC/C(C)=C/CC/C(C)=C/CS(=O)(=O)F. The summed E-state index contributed by atoms with van der Waals surface area (Å²) in [5.41, 5.74) is 5.06. The summed E-state index contributed by atoms with van der Waals surface area (Å²) in [6.07, 6.45) is 14.2. The maximum atomic E-state index is 12.4. The Morgan fingerprint density at radius 2 is 1.08 bits per heavy atom. The van der Waals surface area contributed by atoms with Gasteiger partial charge >= 0.3 is 10.2 Å². The van der Waals surface area contributed by atoms with E-state index in [1.54, 1.807) is 0 Å². The summed E-state index contributed by atoms with van der Waals surface area (Å²) in [5, 5.41) is 0. The molecule has 0 saturated heterocycles. The minimum Gasteiger partial charge on any atom is -0.195 e. The lowest BCUT2D eigenvalue weighted by Gasteiger charge is -2.02. The fourth-order valence-corrected chi connectivity index (χ4v) is 2.71. The van der Waals surface area contributed by atoms with E-state index in [1.165, 1.54) is 22.8 Å². The summed E-state index contributed by atoms with van der Waals surface area (Å²) < 4.78 is 33.3. The summed E-state index contributed by atoms with van der Waals surface area (Å²) in [4.78, 5) is 0. The Kier molecular flexibility index (Phi) is 11.6. The highest BCUT2D eigenvalue weighted by molar-refractivity contribution is 7.86. The number of hydrogen-bond acceptors (Lipinski definition) is 2. The molecule has 0 aliphatic rings. The van der Waals surface area contributed by atoms with Crippen molar-refractivity contribution in [1.29, 1.82) is 0 Å². The van der Waals surface area contributed by atoms with Gasteiger partial charge in [-0.15, -0.1) is 3.89 Å². The van der Waals surface area contributed by atoms with Gasteiger partial charge < -0.3 is 0 Å².